The van der Waals surface area contributed by atoms with E-state index in [4.69, 9.17) is 10.3 Å². The molecule has 0 atom stereocenters. The first kappa shape index (κ1) is 14.8. The molecule has 0 aliphatic heterocycles. The van der Waals surface area contributed by atoms with E-state index >= 15 is 0 Å². The van der Waals surface area contributed by atoms with Crippen molar-refractivity contribution in [2.45, 2.75) is 31.2 Å². The molecule has 4 rings (SSSR count). The zero-order valence-corrected chi connectivity index (χ0v) is 13.1. The van der Waals surface area contributed by atoms with Crippen molar-refractivity contribution in [1.82, 2.24) is 19.9 Å². The molecular formula is C17H17N5O2. The summed E-state index contributed by atoms with van der Waals surface area (Å²) in [6, 6.07) is 9.55. The summed E-state index contributed by atoms with van der Waals surface area (Å²) in [7, 11) is 0. The van der Waals surface area contributed by atoms with Crippen molar-refractivity contribution in [2.24, 2.45) is 5.73 Å². The number of carbonyl (C=O) groups excluding carboxylic acids is 1. The lowest BCUT2D eigenvalue weighted by Gasteiger charge is -2.17. The Bertz CT molecular complexity index is 862. The second kappa shape index (κ2) is 5.68. The van der Waals surface area contributed by atoms with Crippen LogP contribution < -0.4 is 5.73 Å². The zero-order chi connectivity index (χ0) is 16.6. The number of nitrogens with zero attached hydrogens (tertiary/aromatic N) is 4. The smallest absolute Gasteiger partial charge is 0.299 e. The van der Waals surface area contributed by atoms with Crippen molar-refractivity contribution in [3.63, 3.8) is 0 Å². The Hall–Kier alpha value is -2.80. The van der Waals surface area contributed by atoms with Gasteiger partial charge in [-0.3, -0.25) is 4.79 Å². The fraction of sp³-hybridized carbons (Fsp3) is 0.294. The van der Waals surface area contributed by atoms with Gasteiger partial charge in [0.2, 0.25) is 0 Å². The molecule has 1 aliphatic rings. The topological polar surface area (TPSA) is 99.8 Å². The minimum atomic E-state index is -0.573. The Morgan fingerprint density at radius 3 is 2.71 bits per heavy atom. The SMILES string of the molecule is NC1(c2noc(C(=O)c3cnn(-c4ccccc4)c3)n2)CCCC1. The molecule has 7 nitrogen and oxygen atoms in total. The summed E-state index contributed by atoms with van der Waals surface area (Å²) in [5.41, 5.74) is 6.99. The second-order valence-electron chi connectivity index (χ2n) is 6.12. The largest absolute Gasteiger partial charge is 0.330 e. The van der Waals surface area contributed by atoms with Crippen molar-refractivity contribution in [2.75, 3.05) is 0 Å². The number of benzene rings is 1. The molecule has 0 saturated heterocycles. The van der Waals surface area contributed by atoms with Gasteiger partial charge >= 0.3 is 0 Å². The third kappa shape index (κ3) is 2.52. The Balaban J connectivity index is 1.59. The minimum absolute atomic E-state index is 0.0469. The van der Waals surface area contributed by atoms with Crippen molar-refractivity contribution >= 4 is 5.78 Å². The van der Waals surface area contributed by atoms with Crippen molar-refractivity contribution in [3.8, 4) is 5.69 Å². The van der Waals surface area contributed by atoms with Crippen molar-refractivity contribution in [1.29, 1.82) is 0 Å². The van der Waals surface area contributed by atoms with E-state index in [1.165, 1.54) is 6.20 Å². The monoisotopic (exact) mass is 323 g/mol. The molecule has 1 fully saturated rings. The lowest BCUT2D eigenvalue weighted by Crippen LogP contribution is -2.34. The van der Waals surface area contributed by atoms with Crippen LogP contribution in [0.5, 0.6) is 0 Å². The summed E-state index contributed by atoms with van der Waals surface area (Å²) in [4.78, 5) is 16.8. The molecular weight excluding hydrogens is 306 g/mol. The van der Waals surface area contributed by atoms with Gasteiger partial charge in [0, 0.05) is 6.20 Å². The predicted octanol–water partition coefficient (Wildman–Crippen LogP) is 2.21. The van der Waals surface area contributed by atoms with E-state index in [2.05, 4.69) is 15.2 Å². The maximum absolute atomic E-state index is 12.5. The van der Waals surface area contributed by atoms with Crippen LogP contribution in [0.3, 0.4) is 0 Å². The minimum Gasteiger partial charge on any atom is -0.330 e. The molecule has 122 valence electrons. The number of hydrogen-bond donors (Lipinski definition) is 1. The fourth-order valence-corrected chi connectivity index (χ4v) is 3.03. The molecule has 0 spiro atoms. The Labute approximate surface area is 138 Å². The number of nitrogens with two attached hydrogens (primary N) is 1. The summed E-state index contributed by atoms with van der Waals surface area (Å²) in [6.07, 6.45) is 6.84. The van der Waals surface area contributed by atoms with Gasteiger partial charge in [-0.05, 0) is 25.0 Å². The van der Waals surface area contributed by atoms with Crippen LogP contribution in [0.15, 0.2) is 47.2 Å². The van der Waals surface area contributed by atoms with E-state index < -0.39 is 5.54 Å². The van der Waals surface area contributed by atoms with Crippen LogP contribution in [0.25, 0.3) is 5.69 Å². The van der Waals surface area contributed by atoms with Crippen molar-refractivity contribution in [3.05, 3.63) is 60.0 Å². The van der Waals surface area contributed by atoms with Gasteiger partial charge in [0.25, 0.3) is 11.7 Å². The summed E-state index contributed by atoms with van der Waals surface area (Å²) >= 11 is 0. The summed E-state index contributed by atoms with van der Waals surface area (Å²) in [5.74, 6) is 0.0191. The number of rotatable bonds is 4. The van der Waals surface area contributed by atoms with E-state index in [1.54, 1.807) is 10.9 Å². The van der Waals surface area contributed by atoms with E-state index in [0.29, 0.717) is 11.4 Å². The molecule has 2 N–H and O–H groups in total. The number of ketones is 1. The fourth-order valence-electron chi connectivity index (χ4n) is 3.03. The second-order valence-corrected chi connectivity index (χ2v) is 6.12. The Kier molecular flexibility index (Phi) is 3.50. The highest BCUT2D eigenvalue weighted by atomic mass is 16.5. The summed E-state index contributed by atoms with van der Waals surface area (Å²) in [5, 5.41) is 8.13. The first-order chi connectivity index (χ1) is 11.7. The first-order valence-corrected chi connectivity index (χ1v) is 7.94. The number of hydrogen-bond acceptors (Lipinski definition) is 6. The molecule has 1 aliphatic carbocycles. The van der Waals surface area contributed by atoms with Crippen LogP contribution in [0.2, 0.25) is 0 Å². The number of aromatic nitrogens is 4. The molecule has 0 bridgehead atoms. The molecule has 3 aromatic rings. The quantitative estimate of drug-likeness (QED) is 0.739. The lowest BCUT2D eigenvalue weighted by molar-refractivity contribution is 0.0994. The highest BCUT2D eigenvalue weighted by molar-refractivity contribution is 6.05. The third-order valence-electron chi connectivity index (χ3n) is 4.43. The van der Waals surface area contributed by atoms with Crippen LogP contribution in [-0.4, -0.2) is 25.7 Å². The Morgan fingerprint density at radius 1 is 1.21 bits per heavy atom. The average Bonchev–Trinajstić information content (AvgIpc) is 3.35. The first-order valence-electron chi connectivity index (χ1n) is 7.94. The van der Waals surface area contributed by atoms with Gasteiger partial charge < -0.3 is 10.3 Å². The highest BCUT2D eigenvalue weighted by Gasteiger charge is 2.36. The van der Waals surface area contributed by atoms with E-state index in [9.17, 15) is 4.79 Å². The van der Waals surface area contributed by atoms with Crippen LogP contribution in [-0.2, 0) is 5.54 Å². The van der Waals surface area contributed by atoms with Crippen LogP contribution in [0.4, 0.5) is 0 Å². The van der Waals surface area contributed by atoms with Gasteiger partial charge in [0.05, 0.1) is 23.0 Å². The van der Waals surface area contributed by atoms with E-state index in [-0.39, 0.29) is 11.7 Å². The Morgan fingerprint density at radius 2 is 1.96 bits per heavy atom. The van der Waals surface area contributed by atoms with Gasteiger partial charge in [-0.1, -0.05) is 36.2 Å². The zero-order valence-electron chi connectivity index (χ0n) is 13.1. The van der Waals surface area contributed by atoms with Gasteiger partial charge in [0.15, 0.2) is 5.82 Å². The molecule has 2 aromatic heterocycles. The van der Waals surface area contributed by atoms with Gasteiger partial charge in [0.1, 0.15) is 0 Å². The molecule has 0 unspecified atom stereocenters. The van der Waals surface area contributed by atoms with Gasteiger partial charge in [-0.2, -0.15) is 10.1 Å². The van der Waals surface area contributed by atoms with Gasteiger partial charge in [-0.25, -0.2) is 4.68 Å². The highest BCUT2D eigenvalue weighted by Crippen LogP contribution is 2.34. The molecule has 7 heteroatoms. The summed E-state index contributed by atoms with van der Waals surface area (Å²) < 4.78 is 6.78. The van der Waals surface area contributed by atoms with Crippen LogP contribution >= 0.6 is 0 Å². The molecule has 2 heterocycles. The van der Waals surface area contributed by atoms with Crippen molar-refractivity contribution < 1.29 is 9.32 Å². The number of carbonyl (C=O) groups is 1. The maximum atomic E-state index is 12.5. The molecule has 1 aromatic carbocycles. The predicted molar refractivity (Wildman–Crippen MR) is 85.6 cm³/mol. The lowest BCUT2D eigenvalue weighted by atomic mass is 9.99. The van der Waals surface area contributed by atoms with E-state index in [1.807, 2.05) is 30.3 Å². The maximum Gasteiger partial charge on any atom is 0.299 e. The summed E-state index contributed by atoms with van der Waals surface area (Å²) in [6.45, 7) is 0. The standard InChI is InChI=1S/C17H17N5O2/c18-17(8-4-5-9-17)16-20-15(24-21-16)14(23)12-10-19-22(11-12)13-6-2-1-3-7-13/h1-3,6-7,10-11H,4-5,8-9,18H2. The number of para-hydroxylation sites is 1. The average molecular weight is 323 g/mol. The van der Waals surface area contributed by atoms with Gasteiger partial charge in [-0.15, -0.1) is 0 Å². The molecule has 1 saturated carbocycles. The molecule has 24 heavy (non-hydrogen) atoms. The van der Waals surface area contributed by atoms with Crippen LogP contribution in [0, 0.1) is 0 Å². The van der Waals surface area contributed by atoms with Crippen LogP contribution in [0.1, 0.15) is 47.8 Å². The normalized spacial score (nSPS) is 16.4. The molecule has 0 amide bonds. The van der Waals surface area contributed by atoms with E-state index in [0.717, 1.165) is 31.4 Å². The molecule has 0 radical (unpaired) electrons. The third-order valence-corrected chi connectivity index (χ3v) is 4.43.